The van der Waals surface area contributed by atoms with Crippen LogP contribution in [0.4, 0.5) is 5.69 Å². The minimum Gasteiger partial charge on any atom is -0.381 e. The summed E-state index contributed by atoms with van der Waals surface area (Å²) < 4.78 is 23.0. The summed E-state index contributed by atoms with van der Waals surface area (Å²) in [5.41, 5.74) is 1.19. The number of sulfone groups is 1. The smallest absolute Gasteiger partial charge is 0.272 e. The first-order valence-corrected chi connectivity index (χ1v) is 9.58. The zero-order valence-electron chi connectivity index (χ0n) is 12.5. The van der Waals surface area contributed by atoms with Gasteiger partial charge in [0, 0.05) is 31.0 Å². The summed E-state index contributed by atoms with van der Waals surface area (Å²) >= 11 is 0. The van der Waals surface area contributed by atoms with Crippen molar-refractivity contribution >= 4 is 21.4 Å². The molecule has 1 atom stereocenters. The van der Waals surface area contributed by atoms with Gasteiger partial charge in [0.05, 0.1) is 11.5 Å². The Morgan fingerprint density at radius 1 is 1.27 bits per heavy atom. The van der Waals surface area contributed by atoms with E-state index in [1.165, 1.54) is 6.42 Å². The fraction of sp³-hybridized carbons (Fsp3) is 0.600. The quantitative estimate of drug-likeness (QED) is 0.907. The second kappa shape index (κ2) is 6.24. The molecule has 2 aliphatic heterocycles. The molecule has 1 unspecified atom stereocenters. The second-order valence-corrected chi connectivity index (χ2v) is 8.26. The summed E-state index contributed by atoms with van der Waals surface area (Å²) in [7, 11) is -2.91. The highest BCUT2D eigenvalue weighted by Crippen LogP contribution is 2.19. The van der Waals surface area contributed by atoms with Gasteiger partial charge < -0.3 is 10.2 Å². The SMILES string of the molecule is O=C(c1cc(NC2CCS(=O)(=O)C2)ccn1)N1CCCCC1. The third-order valence-electron chi connectivity index (χ3n) is 4.23. The number of nitrogens with zero attached hydrogens (tertiary/aromatic N) is 2. The number of piperidine rings is 1. The Hall–Kier alpha value is -1.63. The van der Waals surface area contributed by atoms with E-state index >= 15 is 0 Å². The maximum absolute atomic E-state index is 12.4. The number of anilines is 1. The summed E-state index contributed by atoms with van der Waals surface area (Å²) in [5.74, 6) is 0.349. The summed E-state index contributed by atoms with van der Waals surface area (Å²) in [6.45, 7) is 1.58. The van der Waals surface area contributed by atoms with Crippen LogP contribution in [0.15, 0.2) is 18.3 Å². The van der Waals surface area contributed by atoms with Crippen molar-refractivity contribution in [1.29, 1.82) is 0 Å². The van der Waals surface area contributed by atoms with Gasteiger partial charge in [-0.15, -0.1) is 0 Å². The molecule has 1 aromatic heterocycles. The Morgan fingerprint density at radius 3 is 2.73 bits per heavy atom. The van der Waals surface area contributed by atoms with Gasteiger partial charge in [0.15, 0.2) is 9.84 Å². The van der Waals surface area contributed by atoms with Crippen molar-refractivity contribution in [2.45, 2.75) is 31.7 Å². The van der Waals surface area contributed by atoms with Crippen LogP contribution in [-0.2, 0) is 9.84 Å². The van der Waals surface area contributed by atoms with Gasteiger partial charge in [-0.25, -0.2) is 8.42 Å². The molecule has 1 amide bonds. The van der Waals surface area contributed by atoms with Gasteiger partial charge in [0.1, 0.15) is 5.69 Å². The molecule has 2 saturated heterocycles. The first kappa shape index (κ1) is 15.3. The molecule has 0 radical (unpaired) electrons. The van der Waals surface area contributed by atoms with Gasteiger partial charge in [-0.05, 0) is 37.8 Å². The number of carbonyl (C=O) groups excluding carboxylic acids is 1. The molecule has 3 heterocycles. The van der Waals surface area contributed by atoms with Crippen LogP contribution < -0.4 is 5.32 Å². The summed E-state index contributed by atoms with van der Waals surface area (Å²) in [4.78, 5) is 18.4. The van der Waals surface area contributed by atoms with E-state index in [2.05, 4.69) is 10.3 Å². The molecular weight excluding hydrogens is 302 g/mol. The van der Waals surface area contributed by atoms with E-state index < -0.39 is 9.84 Å². The van der Waals surface area contributed by atoms with E-state index in [9.17, 15) is 13.2 Å². The predicted octanol–water partition coefficient (Wildman–Crippen LogP) is 1.31. The van der Waals surface area contributed by atoms with Crippen molar-refractivity contribution in [2.24, 2.45) is 0 Å². The van der Waals surface area contributed by atoms with E-state index in [-0.39, 0.29) is 23.5 Å². The Kier molecular flexibility index (Phi) is 4.33. The number of nitrogens with one attached hydrogen (secondary N) is 1. The molecule has 2 fully saturated rings. The third-order valence-corrected chi connectivity index (χ3v) is 5.99. The number of hydrogen-bond acceptors (Lipinski definition) is 5. The molecule has 2 aliphatic rings. The van der Waals surface area contributed by atoms with Crippen LogP contribution in [0.2, 0.25) is 0 Å². The Bertz CT molecular complexity index is 654. The zero-order chi connectivity index (χ0) is 15.6. The van der Waals surface area contributed by atoms with E-state index in [0.29, 0.717) is 12.1 Å². The van der Waals surface area contributed by atoms with Crippen LogP contribution in [0.5, 0.6) is 0 Å². The molecular formula is C15H21N3O3S. The minimum absolute atomic E-state index is 0.0395. The Morgan fingerprint density at radius 2 is 2.05 bits per heavy atom. The molecule has 1 aromatic rings. The van der Waals surface area contributed by atoms with Crippen molar-refractivity contribution in [1.82, 2.24) is 9.88 Å². The average Bonchev–Trinajstić information content (AvgIpc) is 2.86. The van der Waals surface area contributed by atoms with Crippen molar-refractivity contribution in [2.75, 3.05) is 29.9 Å². The number of amides is 1. The fourth-order valence-corrected chi connectivity index (χ4v) is 4.71. The molecule has 0 spiro atoms. The lowest BCUT2D eigenvalue weighted by Gasteiger charge is -2.26. The first-order valence-electron chi connectivity index (χ1n) is 7.76. The molecule has 0 aromatic carbocycles. The van der Waals surface area contributed by atoms with Crippen molar-refractivity contribution < 1.29 is 13.2 Å². The van der Waals surface area contributed by atoms with Crippen molar-refractivity contribution in [3.63, 3.8) is 0 Å². The van der Waals surface area contributed by atoms with Crippen LogP contribution in [0.25, 0.3) is 0 Å². The van der Waals surface area contributed by atoms with Gasteiger partial charge in [-0.2, -0.15) is 0 Å². The molecule has 22 heavy (non-hydrogen) atoms. The first-order chi connectivity index (χ1) is 10.5. The average molecular weight is 323 g/mol. The van der Waals surface area contributed by atoms with Gasteiger partial charge in [-0.1, -0.05) is 0 Å². The van der Waals surface area contributed by atoms with E-state index in [0.717, 1.165) is 31.6 Å². The second-order valence-electron chi connectivity index (χ2n) is 6.03. The maximum Gasteiger partial charge on any atom is 0.272 e. The molecule has 3 rings (SSSR count). The lowest BCUT2D eigenvalue weighted by atomic mass is 10.1. The van der Waals surface area contributed by atoms with Crippen LogP contribution in [0, 0.1) is 0 Å². The molecule has 6 nitrogen and oxygen atoms in total. The highest BCUT2D eigenvalue weighted by molar-refractivity contribution is 7.91. The summed E-state index contributed by atoms with van der Waals surface area (Å²) in [6, 6.07) is 3.42. The lowest BCUT2D eigenvalue weighted by molar-refractivity contribution is 0.0718. The Balaban J connectivity index is 1.68. The predicted molar refractivity (Wildman–Crippen MR) is 84.7 cm³/mol. The number of pyridine rings is 1. The number of aromatic nitrogens is 1. The van der Waals surface area contributed by atoms with Crippen LogP contribution in [0.1, 0.15) is 36.2 Å². The van der Waals surface area contributed by atoms with Crippen molar-refractivity contribution in [3.8, 4) is 0 Å². The highest BCUT2D eigenvalue weighted by Gasteiger charge is 2.28. The van der Waals surface area contributed by atoms with Gasteiger partial charge in [-0.3, -0.25) is 9.78 Å². The van der Waals surface area contributed by atoms with E-state index in [1.54, 1.807) is 18.3 Å². The topological polar surface area (TPSA) is 79.4 Å². The normalized spacial score (nSPS) is 24.2. The van der Waals surface area contributed by atoms with Crippen LogP contribution >= 0.6 is 0 Å². The maximum atomic E-state index is 12.4. The fourth-order valence-electron chi connectivity index (χ4n) is 3.04. The Labute approximate surface area is 130 Å². The molecule has 0 bridgehead atoms. The molecule has 0 aliphatic carbocycles. The molecule has 1 N–H and O–H groups in total. The zero-order valence-corrected chi connectivity index (χ0v) is 13.3. The third kappa shape index (κ3) is 3.58. The van der Waals surface area contributed by atoms with E-state index in [1.807, 2.05) is 4.90 Å². The van der Waals surface area contributed by atoms with Gasteiger partial charge >= 0.3 is 0 Å². The molecule has 0 saturated carbocycles. The molecule has 120 valence electrons. The monoisotopic (exact) mass is 323 g/mol. The number of carbonyl (C=O) groups is 1. The van der Waals surface area contributed by atoms with E-state index in [4.69, 9.17) is 0 Å². The number of likely N-dealkylation sites (tertiary alicyclic amines) is 1. The summed E-state index contributed by atoms with van der Waals surface area (Å²) in [5, 5.41) is 3.20. The number of rotatable bonds is 3. The van der Waals surface area contributed by atoms with Gasteiger partial charge in [0.2, 0.25) is 0 Å². The minimum atomic E-state index is -2.91. The van der Waals surface area contributed by atoms with Crippen LogP contribution in [0.3, 0.4) is 0 Å². The lowest BCUT2D eigenvalue weighted by Crippen LogP contribution is -2.36. The summed E-state index contributed by atoms with van der Waals surface area (Å²) in [6.07, 6.45) is 5.48. The number of hydrogen-bond donors (Lipinski definition) is 1. The highest BCUT2D eigenvalue weighted by atomic mass is 32.2. The van der Waals surface area contributed by atoms with Gasteiger partial charge in [0.25, 0.3) is 5.91 Å². The van der Waals surface area contributed by atoms with Crippen molar-refractivity contribution in [3.05, 3.63) is 24.0 Å². The standard InChI is InChI=1S/C15H21N3O3S/c19-15(18-7-2-1-3-8-18)14-10-12(4-6-16-14)17-13-5-9-22(20,21)11-13/h4,6,10,13H,1-3,5,7-9,11H2,(H,16,17). The molecule has 7 heteroatoms. The van der Waals surface area contributed by atoms with Crippen LogP contribution in [-0.4, -0.2) is 54.8 Å². The largest absolute Gasteiger partial charge is 0.381 e.